The molecule has 1 aliphatic carbocycles. The van der Waals surface area contributed by atoms with Crippen LogP contribution in [-0.2, 0) is 29.4 Å². The summed E-state index contributed by atoms with van der Waals surface area (Å²) in [5, 5.41) is 0. The van der Waals surface area contributed by atoms with Gasteiger partial charge in [0.25, 0.3) is 0 Å². The first-order valence-corrected chi connectivity index (χ1v) is 13.0. The summed E-state index contributed by atoms with van der Waals surface area (Å²) in [5.41, 5.74) is 3.96. The molecule has 0 saturated heterocycles. The van der Waals surface area contributed by atoms with E-state index in [1.54, 1.807) is 26.4 Å². The molecule has 184 valence electrons. The normalized spacial score (nSPS) is 15.5. The molecule has 0 bridgehead atoms. The number of fused-ring (bicyclic) bond motifs is 1. The summed E-state index contributed by atoms with van der Waals surface area (Å²) in [6.07, 6.45) is 7.84. The lowest BCUT2D eigenvalue weighted by Crippen LogP contribution is -2.23. The summed E-state index contributed by atoms with van der Waals surface area (Å²) in [6.45, 7) is 2.04. The minimum Gasteiger partial charge on any atom is -0.493 e. The Morgan fingerprint density at radius 1 is 1.00 bits per heavy atom. The van der Waals surface area contributed by atoms with Crippen LogP contribution in [0.25, 0.3) is 0 Å². The van der Waals surface area contributed by atoms with Crippen LogP contribution in [-0.4, -0.2) is 53.9 Å². The largest absolute Gasteiger partial charge is 0.493 e. The summed E-state index contributed by atoms with van der Waals surface area (Å²) >= 11 is 0. The molecule has 6 nitrogen and oxygen atoms in total. The van der Waals surface area contributed by atoms with Crippen LogP contribution in [0.15, 0.2) is 36.4 Å². The number of methoxy groups -OCH3 is 2. The smallest absolute Gasteiger partial charge is 0.306 e. The van der Waals surface area contributed by atoms with E-state index in [4.69, 9.17) is 13.7 Å². The molecular weight excluding hydrogens is 462 g/mol. The molecule has 0 aromatic heterocycles. The quantitative estimate of drug-likeness (QED) is 0.425. The van der Waals surface area contributed by atoms with Crippen LogP contribution in [0.1, 0.15) is 36.0 Å². The van der Waals surface area contributed by atoms with Crippen LogP contribution < -0.4 is 13.7 Å². The van der Waals surface area contributed by atoms with Crippen molar-refractivity contribution in [3.05, 3.63) is 53.1 Å². The van der Waals surface area contributed by atoms with Crippen molar-refractivity contribution in [1.29, 1.82) is 0 Å². The van der Waals surface area contributed by atoms with Crippen molar-refractivity contribution in [2.75, 3.05) is 40.6 Å². The average molecular weight is 498 g/mol. The van der Waals surface area contributed by atoms with E-state index in [-0.39, 0.29) is 12.4 Å². The Hall–Kier alpha value is -1.96. The van der Waals surface area contributed by atoms with E-state index < -0.39 is 10.1 Å². The third-order valence-corrected chi connectivity index (χ3v) is 6.64. The number of hydrogen-bond acceptors (Lipinski definition) is 6. The zero-order valence-corrected chi connectivity index (χ0v) is 21.6. The molecule has 2 aromatic carbocycles. The van der Waals surface area contributed by atoms with Gasteiger partial charge in [-0.1, -0.05) is 12.1 Å². The van der Waals surface area contributed by atoms with Crippen molar-refractivity contribution in [2.45, 2.75) is 38.5 Å². The van der Waals surface area contributed by atoms with Crippen LogP contribution in [0.4, 0.5) is 0 Å². The van der Waals surface area contributed by atoms with Gasteiger partial charge in [0.15, 0.2) is 11.5 Å². The highest BCUT2D eigenvalue weighted by atomic mass is 35.5. The fourth-order valence-corrected chi connectivity index (χ4v) is 4.83. The van der Waals surface area contributed by atoms with Crippen molar-refractivity contribution in [2.24, 2.45) is 5.92 Å². The van der Waals surface area contributed by atoms with Gasteiger partial charge in [-0.25, -0.2) is 0 Å². The van der Waals surface area contributed by atoms with Gasteiger partial charge in [0.05, 0.1) is 20.5 Å². The number of likely N-dealkylation sites (N-methyl/N-ethyl adjacent to an activating group) is 1. The summed E-state index contributed by atoms with van der Waals surface area (Å²) in [5.74, 6) is 2.72. The van der Waals surface area contributed by atoms with Crippen molar-refractivity contribution >= 4 is 22.5 Å². The second kappa shape index (κ2) is 12.5. The third-order valence-electron chi connectivity index (χ3n) is 6.14. The predicted octanol–water partition coefficient (Wildman–Crippen LogP) is 4.52. The van der Waals surface area contributed by atoms with Crippen LogP contribution in [0.2, 0.25) is 0 Å². The van der Waals surface area contributed by atoms with Gasteiger partial charge in [0.2, 0.25) is 0 Å². The molecule has 33 heavy (non-hydrogen) atoms. The van der Waals surface area contributed by atoms with E-state index >= 15 is 0 Å². The lowest BCUT2D eigenvalue weighted by molar-refractivity contribution is 0.307. The predicted molar refractivity (Wildman–Crippen MR) is 135 cm³/mol. The standard InChI is InChI=1S/C25H35NO5S.ClH/c1-26(15-13-19-8-11-23(12-9-19)31-32(4,27)28)14-5-6-20-7-10-21-17-24(29-2)25(30-3)18-22(21)16-20;/h8-9,11-12,17-18,20H,5-7,10,13-16H2,1-4H3;1H. The number of aryl methyl sites for hydroxylation is 1. The van der Waals surface area contributed by atoms with Crippen molar-refractivity contribution in [3.63, 3.8) is 0 Å². The SMILES string of the molecule is COc1cc2c(cc1OC)CC(CCCN(C)CCc1ccc(OS(C)(=O)=O)cc1)CC2.Cl. The van der Waals surface area contributed by atoms with Gasteiger partial charge in [0, 0.05) is 6.54 Å². The first-order valence-electron chi connectivity index (χ1n) is 11.2. The van der Waals surface area contributed by atoms with Gasteiger partial charge in [-0.05, 0) is 99.0 Å². The van der Waals surface area contributed by atoms with Gasteiger partial charge < -0.3 is 18.6 Å². The molecule has 0 fully saturated rings. The summed E-state index contributed by atoms with van der Waals surface area (Å²) in [6, 6.07) is 11.6. The van der Waals surface area contributed by atoms with Gasteiger partial charge in [-0.2, -0.15) is 8.42 Å². The first kappa shape index (κ1) is 27.3. The highest BCUT2D eigenvalue weighted by Crippen LogP contribution is 2.36. The molecule has 1 atom stereocenters. The molecule has 0 aliphatic heterocycles. The van der Waals surface area contributed by atoms with E-state index in [0.29, 0.717) is 5.75 Å². The highest BCUT2D eigenvalue weighted by Gasteiger charge is 2.21. The number of rotatable bonds is 11. The zero-order chi connectivity index (χ0) is 23.1. The third kappa shape index (κ3) is 8.40. The van der Waals surface area contributed by atoms with Gasteiger partial charge in [0.1, 0.15) is 5.75 Å². The minimum atomic E-state index is -3.48. The number of hydrogen-bond donors (Lipinski definition) is 0. The lowest BCUT2D eigenvalue weighted by Gasteiger charge is -2.26. The second-order valence-corrected chi connectivity index (χ2v) is 10.3. The van der Waals surface area contributed by atoms with Crippen LogP contribution >= 0.6 is 12.4 Å². The molecule has 8 heteroatoms. The van der Waals surface area contributed by atoms with Crippen molar-refractivity contribution < 1.29 is 22.1 Å². The zero-order valence-electron chi connectivity index (χ0n) is 20.0. The topological polar surface area (TPSA) is 65.1 Å². The number of nitrogens with zero attached hydrogens (tertiary/aromatic N) is 1. The first-order chi connectivity index (χ1) is 15.3. The molecule has 1 unspecified atom stereocenters. The molecule has 0 saturated carbocycles. The molecule has 0 spiro atoms. The number of halogens is 1. The molecule has 0 radical (unpaired) electrons. The maximum Gasteiger partial charge on any atom is 0.306 e. The highest BCUT2D eigenvalue weighted by molar-refractivity contribution is 7.86. The molecular formula is C25H36ClNO5S. The monoisotopic (exact) mass is 497 g/mol. The maximum absolute atomic E-state index is 11.2. The summed E-state index contributed by atoms with van der Waals surface area (Å²) < 4.78 is 38.2. The van der Waals surface area contributed by atoms with Crippen LogP contribution in [0.5, 0.6) is 17.2 Å². The van der Waals surface area contributed by atoms with E-state index in [9.17, 15) is 8.42 Å². The Bertz CT molecular complexity index is 995. The van der Waals surface area contributed by atoms with Gasteiger partial charge in [-0.3, -0.25) is 0 Å². The van der Waals surface area contributed by atoms with E-state index in [0.717, 1.165) is 56.0 Å². The second-order valence-electron chi connectivity index (χ2n) is 8.71. The van der Waals surface area contributed by atoms with Crippen LogP contribution in [0.3, 0.4) is 0 Å². The fraction of sp³-hybridized carbons (Fsp3) is 0.520. The molecule has 1 aliphatic rings. The molecule has 0 heterocycles. The molecule has 0 amide bonds. The van der Waals surface area contributed by atoms with E-state index in [1.807, 2.05) is 12.1 Å². The Balaban J connectivity index is 0.00000385. The van der Waals surface area contributed by atoms with Crippen LogP contribution in [0, 0.1) is 5.92 Å². The number of ether oxygens (including phenoxy) is 2. The van der Waals surface area contributed by atoms with Crippen molar-refractivity contribution in [3.8, 4) is 17.2 Å². The summed E-state index contributed by atoms with van der Waals surface area (Å²) in [4.78, 5) is 2.37. The minimum absolute atomic E-state index is 0. The van der Waals surface area contributed by atoms with Crippen molar-refractivity contribution in [1.82, 2.24) is 4.90 Å². The van der Waals surface area contributed by atoms with Gasteiger partial charge >= 0.3 is 10.1 Å². The molecule has 3 rings (SSSR count). The Morgan fingerprint density at radius 3 is 2.24 bits per heavy atom. The fourth-order valence-electron chi connectivity index (χ4n) is 4.37. The Kier molecular flexibility index (Phi) is 10.3. The van der Waals surface area contributed by atoms with E-state index in [2.05, 4.69) is 24.1 Å². The Labute approximate surface area is 204 Å². The Morgan fingerprint density at radius 2 is 1.64 bits per heavy atom. The average Bonchev–Trinajstić information content (AvgIpc) is 2.76. The van der Waals surface area contributed by atoms with Gasteiger partial charge in [-0.15, -0.1) is 12.4 Å². The number of benzene rings is 2. The molecule has 0 N–H and O–H groups in total. The molecule has 2 aromatic rings. The van der Waals surface area contributed by atoms with E-state index in [1.165, 1.54) is 36.0 Å². The summed E-state index contributed by atoms with van der Waals surface area (Å²) in [7, 11) is 2.06. The maximum atomic E-state index is 11.2. The lowest BCUT2D eigenvalue weighted by atomic mass is 9.81.